The lowest BCUT2D eigenvalue weighted by Crippen LogP contribution is -2.01. The molecule has 0 radical (unpaired) electrons. The van der Waals surface area contributed by atoms with Crippen molar-refractivity contribution in [3.8, 4) is 10.4 Å². The molecule has 84 valence electrons. The summed E-state index contributed by atoms with van der Waals surface area (Å²) in [6, 6.07) is 10.9. The lowest BCUT2D eigenvalue weighted by molar-refractivity contribution is 0.838. The van der Waals surface area contributed by atoms with E-state index < -0.39 is 0 Å². The van der Waals surface area contributed by atoms with E-state index >= 15 is 0 Å². The van der Waals surface area contributed by atoms with Gasteiger partial charge in [-0.1, -0.05) is 18.2 Å². The molecule has 2 N–H and O–H groups in total. The molecule has 0 saturated heterocycles. The summed E-state index contributed by atoms with van der Waals surface area (Å²) in [4.78, 5) is 2.56. The number of rotatable bonds is 2. The van der Waals surface area contributed by atoms with Gasteiger partial charge in [0.1, 0.15) is 0 Å². The molecule has 0 aliphatic heterocycles. The summed E-state index contributed by atoms with van der Waals surface area (Å²) in [6.45, 7) is 6.35. The molecule has 1 atom stereocenters. The molecule has 0 bridgehead atoms. The maximum Gasteiger partial charge on any atom is 0.0361 e. The Morgan fingerprint density at radius 3 is 2.50 bits per heavy atom. The second kappa shape index (κ2) is 4.40. The summed E-state index contributed by atoms with van der Waals surface area (Å²) >= 11 is 1.79. The minimum atomic E-state index is 0.129. The quantitative estimate of drug-likeness (QED) is 0.829. The van der Waals surface area contributed by atoms with Crippen molar-refractivity contribution in [3.05, 3.63) is 46.3 Å². The average molecular weight is 231 g/mol. The van der Waals surface area contributed by atoms with Crippen LogP contribution in [0.15, 0.2) is 30.3 Å². The molecule has 1 nitrogen and oxygen atoms in total. The number of nitrogens with two attached hydrogens (primary N) is 1. The van der Waals surface area contributed by atoms with Crippen LogP contribution < -0.4 is 5.73 Å². The van der Waals surface area contributed by atoms with Crippen LogP contribution in [0.4, 0.5) is 0 Å². The van der Waals surface area contributed by atoms with Crippen LogP contribution in [0.3, 0.4) is 0 Å². The van der Waals surface area contributed by atoms with Gasteiger partial charge in [0.05, 0.1) is 0 Å². The van der Waals surface area contributed by atoms with Crippen LogP contribution in [0.1, 0.15) is 29.0 Å². The van der Waals surface area contributed by atoms with E-state index in [2.05, 4.69) is 44.2 Å². The van der Waals surface area contributed by atoms with Crippen molar-refractivity contribution in [1.29, 1.82) is 0 Å². The van der Waals surface area contributed by atoms with E-state index in [4.69, 9.17) is 5.73 Å². The van der Waals surface area contributed by atoms with Crippen molar-refractivity contribution in [2.75, 3.05) is 0 Å². The molecule has 0 saturated carbocycles. The zero-order valence-electron chi connectivity index (χ0n) is 9.95. The predicted octanol–water partition coefficient (Wildman–Crippen LogP) is 4.05. The molecule has 1 aromatic carbocycles. The van der Waals surface area contributed by atoms with Crippen LogP contribution in [0, 0.1) is 13.8 Å². The first-order valence-electron chi connectivity index (χ1n) is 5.51. The minimum absolute atomic E-state index is 0.129. The highest BCUT2D eigenvalue weighted by atomic mass is 32.1. The van der Waals surface area contributed by atoms with Gasteiger partial charge >= 0.3 is 0 Å². The van der Waals surface area contributed by atoms with Crippen molar-refractivity contribution in [2.45, 2.75) is 26.8 Å². The Labute approximate surface area is 101 Å². The fourth-order valence-electron chi connectivity index (χ4n) is 1.76. The van der Waals surface area contributed by atoms with Gasteiger partial charge in [-0.25, -0.2) is 0 Å². The first-order chi connectivity index (χ1) is 7.59. The topological polar surface area (TPSA) is 26.0 Å². The van der Waals surface area contributed by atoms with Gasteiger partial charge in [-0.3, -0.25) is 0 Å². The highest BCUT2D eigenvalue weighted by Crippen LogP contribution is 2.33. The maximum atomic E-state index is 5.88. The number of hydrogen-bond donors (Lipinski definition) is 1. The third-order valence-electron chi connectivity index (χ3n) is 2.95. The molecule has 2 aromatic rings. The zero-order valence-corrected chi connectivity index (χ0v) is 10.8. The maximum absolute atomic E-state index is 5.88. The molecule has 0 amide bonds. The zero-order chi connectivity index (χ0) is 11.7. The lowest BCUT2D eigenvalue weighted by atomic mass is 10.0. The predicted molar refractivity (Wildman–Crippen MR) is 71.8 cm³/mol. The molecule has 1 aromatic heterocycles. The monoisotopic (exact) mass is 231 g/mol. The van der Waals surface area contributed by atoms with E-state index in [0.29, 0.717) is 0 Å². The number of benzene rings is 1. The van der Waals surface area contributed by atoms with E-state index in [9.17, 15) is 0 Å². The van der Waals surface area contributed by atoms with Crippen LogP contribution >= 0.6 is 11.3 Å². The van der Waals surface area contributed by atoms with Crippen LogP contribution in [-0.4, -0.2) is 0 Å². The second-order valence-corrected chi connectivity index (χ2v) is 5.35. The Hall–Kier alpha value is -1.12. The summed E-state index contributed by atoms with van der Waals surface area (Å²) in [5.41, 5.74) is 9.92. The third-order valence-corrected chi connectivity index (χ3v) is 4.27. The standard InChI is InChI=1S/C14H17NS/c1-9-5-4-6-12(10(9)2)14-8-7-13(16-14)11(3)15/h4-8,11H,15H2,1-3H3. The van der Waals surface area contributed by atoms with Crippen molar-refractivity contribution in [2.24, 2.45) is 5.73 Å². The normalized spacial score (nSPS) is 12.8. The summed E-state index contributed by atoms with van der Waals surface area (Å²) in [6.07, 6.45) is 0. The summed E-state index contributed by atoms with van der Waals surface area (Å²) in [7, 11) is 0. The van der Waals surface area contributed by atoms with Gasteiger partial charge in [-0.2, -0.15) is 0 Å². The van der Waals surface area contributed by atoms with Crippen molar-refractivity contribution < 1.29 is 0 Å². The van der Waals surface area contributed by atoms with Gasteiger partial charge < -0.3 is 5.73 Å². The van der Waals surface area contributed by atoms with Crippen LogP contribution in [-0.2, 0) is 0 Å². The molecule has 0 fully saturated rings. The van der Waals surface area contributed by atoms with Gasteiger partial charge in [0.15, 0.2) is 0 Å². The molecular formula is C14H17NS. The van der Waals surface area contributed by atoms with Crippen LogP contribution in [0.2, 0.25) is 0 Å². The Morgan fingerprint density at radius 1 is 1.12 bits per heavy atom. The Balaban J connectivity index is 2.47. The fraction of sp³-hybridized carbons (Fsp3) is 0.286. The first kappa shape index (κ1) is 11.4. The molecule has 2 heteroatoms. The van der Waals surface area contributed by atoms with E-state index in [-0.39, 0.29) is 6.04 Å². The van der Waals surface area contributed by atoms with E-state index in [1.165, 1.54) is 26.4 Å². The molecular weight excluding hydrogens is 214 g/mol. The number of thiophene rings is 1. The fourth-order valence-corrected chi connectivity index (χ4v) is 2.80. The van der Waals surface area contributed by atoms with E-state index in [0.717, 1.165) is 0 Å². The van der Waals surface area contributed by atoms with Crippen molar-refractivity contribution in [3.63, 3.8) is 0 Å². The summed E-state index contributed by atoms with van der Waals surface area (Å²) < 4.78 is 0. The SMILES string of the molecule is Cc1cccc(-c2ccc(C(C)N)s2)c1C. The molecule has 0 aliphatic carbocycles. The third kappa shape index (κ3) is 2.04. The molecule has 2 rings (SSSR count). The largest absolute Gasteiger partial charge is 0.324 e. The van der Waals surface area contributed by atoms with Crippen LogP contribution in [0.5, 0.6) is 0 Å². The van der Waals surface area contributed by atoms with E-state index in [1.54, 1.807) is 11.3 Å². The number of aryl methyl sites for hydroxylation is 1. The smallest absolute Gasteiger partial charge is 0.0361 e. The van der Waals surface area contributed by atoms with Crippen molar-refractivity contribution in [1.82, 2.24) is 0 Å². The minimum Gasteiger partial charge on any atom is -0.324 e. The van der Waals surface area contributed by atoms with Crippen molar-refractivity contribution >= 4 is 11.3 Å². The Morgan fingerprint density at radius 2 is 1.88 bits per heavy atom. The van der Waals surface area contributed by atoms with Gasteiger partial charge in [-0.05, 0) is 49.6 Å². The van der Waals surface area contributed by atoms with Gasteiger partial charge in [-0.15, -0.1) is 11.3 Å². The molecule has 16 heavy (non-hydrogen) atoms. The van der Waals surface area contributed by atoms with E-state index in [1.807, 2.05) is 6.92 Å². The Bertz CT molecular complexity index is 497. The van der Waals surface area contributed by atoms with Gasteiger partial charge in [0.2, 0.25) is 0 Å². The highest BCUT2D eigenvalue weighted by Gasteiger charge is 2.08. The second-order valence-electron chi connectivity index (χ2n) is 4.24. The van der Waals surface area contributed by atoms with Gasteiger partial charge in [0, 0.05) is 15.8 Å². The summed E-state index contributed by atoms with van der Waals surface area (Å²) in [5, 5.41) is 0. The molecule has 1 heterocycles. The molecule has 0 aliphatic rings. The Kier molecular flexibility index (Phi) is 3.13. The first-order valence-corrected chi connectivity index (χ1v) is 6.33. The number of hydrogen-bond acceptors (Lipinski definition) is 2. The molecule has 1 unspecified atom stereocenters. The average Bonchev–Trinajstić information content (AvgIpc) is 2.71. The van der Waals surface area contributed by atoms with Crippen LogP contribution in [0.25, 0.3) is 10.4 Å². The highest BCUT2D eigenvalue weighted by molar-refractivity contribution is 7.15. The van der Waals surface area contributed by atoms with Gasteiger partial charge in [0.25, 0.3) is 0 Å². The lowest BCUT2D eigenvalue weighted by Gasteiger charge is -2.06. The molecule has 0 spiro atoms. The summed E-state index contributed by atoms with van der Waals surface area (Å²) in [5.74, 6) is 0.